The first-order valence-corrected chi connectivity index (χ1v) is 9.83. The van der Waals surface area contributed by atoms with Gasteiger partial charge in [-0.05, 0) is 94.4 Å². The number of carbonyl (C=O) groups is 1. The van der Waals surface area contributed by atoms with E-state index in [-0.39, 0.29) is 33.0 Å². The summed E-state index contributed by atoms with van der Waals surface area (Å²) in [6.07, 6.45) is 0. The minimum atomic E-state index is 0. The van der Waals surface area contributed by atoms with Crippen molar-refractivity contribution < 1.29 is 9.53 Å². The van der Waals surface area contributed by atoms with E-state index in [1.54, 1.807) is 0 Å². The van der Waals surface area contributed by atoms with Gasteiger partial charge in [0.05, 0.1) is 6.61 Å². The molecule has 0 saturated carbocycles. The molecule has 0 radical (unpaired) electrons. The summed E-state index contributed by atoms with van der Waals surface area (Å²) in [5, 5.41) is 1.10. The molecule has 1 atom stereocenters. The number of hydrogen-bond acceptors (Lipinski definition) is 2. The van der Waals surface area contributed by atoms with E-state index in [0.29, 0.717) is 12.5 Å². The van der Waals surface area contributed by atoms with Crippen LogP contribution in [0.25, 0.3) is 0 Å². The minimum absolute atomic E-state index is 0. The van der Waals surface area contributed by atoms with Crippen molar-refractivity contribution in [2.45, 2.75) is 48.5 Å². The Kier molecular flexibility index (Phi) is 8.62. The molecular formula is C22H30LiO2P. The van der Waals surface area contributed by atoms with Gasteiger partial charge in [-0.25, -0.2) is 0 Å². The Hall–Kier alpha value is -1.06. The maximum absolute atomic E-state index is 13.0. The van der Waals surface area contributed by atoms with E-state index in [9.17, 15) is 4.79 Å². The number of benzene rings is 2. The van der Waals surface area contributed by atoms with Gasteiger partial charge in [0.25, 0.3) is 0 Å². The van der Waals surface area contributed by atoms with Crippen molar-refractivity contribution in [2.24, 2.45) is 5.92 Å². The summed E-state index contributed by atoms with van der Waals surface area (Å²) in [4.78, 5) is 13.0. The molecule has 0 N–H and O–H groups in total. The third kappa shape index (κ3) is 5.47. The first-order chi connectivity index (χ1) is 11.7. The van der Waals surface area contributed by atoms with Crippen LogP contribution in [-0.4, -0.2) is 31.0 Å². The summed E-state index contributed by atoms with van der Waals surface area (Å²) in [6.45, 7) is 15.3. The van der Waals surface area contributed by atoms with Gasteiger partial charge in [0.1, 0.15) is 5.75 Å². The molecule has 2 rings (SSSR count). The van der Waals surface area contributed by atoms with E-state index in [1.165, 1.54) is 11.1 Å². The van der Waals surface area contributed by atoms with Gasteiger partial charge in [-0.15, -0.1) is 0 Å². The zero-order chi connectivity index (χ0) is 18.7. The molecule has 0 aliphatic rings. The molecule has 0 spiro atoms. The standard InChI is InChI=1S/C22H29O2P.Li.H/c1-13(2)12-24-19-8-9-20(15(4)11-19)25-22(23)21-16(5)10-14(3)17(6)18(21)7;;/h8-11,13,25H,12H2,1-7H3;;. The predicted octanol–water partition coefficient (Wildman–Crippen LogP) is 4.76. The average Bonchev–Trinajstić information content (AvgIpc) is 2.53. The van der Waals surface area contributed by atoms with Crippen molar-refractivity contribution in [2.75, 3.05) is 6.61 Å². The molecule has 1 unspecified atom stereocenters. The summed E-state index contributed by atoms with van der Waals surface area (Å²) in [7, 11) is 0.140. The van der Waals surface area contributed by atoms with Crippen molar-refractivity contribution >= 4 is 38.3 Å². The number of ether oxygens (including phenoxy) is 1. The van der Waals surface area contributed by atoms with E-state index in [0.717, 1.165) is 33.3 Å². The fourth-order valence-electron chi connectivity index (χ4n) is 2.95. The van der Waals surface area contributed by atoms with Gasteiger partial charge in [-0.3, -0.25) is 4.79 Å². The van der Waals surface area contributed by atoms with Crippen LogP contribution in [0.3, 0.4) is 0 Å². The maximum atomic E-state index is 13.0. The number of carbonyl (C=O) groups excluding carboxylic acids is 1. The Labute approximate surface area is 172 Å². The van der Waals surface area contributed by atoms with E-state index < -0.39 is 0 Å². The summed E-state index contributed by atoms with van der Waals surface area (Å²) in [5.74, 6) is 1.38. The van der Waals surface area contributed by atoms with E-state index in [1.807, 2.05) is 25.1 Å². The normalized spacial score (nSPS) is 11.1. The first-order valence-electron chi connectivity index (χ1n) is 8.83. The summed E-state index contributed by atoms with van der Waals surface area (Å²) >= 11 is 0. The second-order valence-corrected chi connectivity index (χ2v) is 8.51. The zero-order valence-corrected chi connectivity index (χ0v) is 17.4. The van der Waals surface area contributed by atoms with Crippen LogP contribution >= 0.6 is 8.58 Å². The van der Waals surface area contributed by atoms with Crippen LogP contribution in [0.15, 0.2) is 24.3 Å². The van der Waals surface area contributed by atoms with E-state index >= 15 is 0 Å². The van der Waals surface area contributed by atoms with Crippen LogP contribution in [0.1, 0.15) is 52.0 Å². The molecule has 2 aromatic rings. The molecule has 4 heteroatoms. The van der Waals surface area contributed by atoms with Crippen molar-refractivity contribution in [1.29, 1.82) is 0 Å². The monoisotopic (exact) mass is 364 g/mol. The molecule has 0 saturated heterocycles. The quantitative estimate of drug-likeness (QED) is 0.546. The predicted molar refractivity (Wildman–Crippen MR) is 116 cm³/mol. The molecule has 2 nitrogen and oxygen atoms in total. The molecule has 0 aromatic heterocycles. The molecule has 26 heavy (non-hydrogen) atoms. The molecule has 0 aliphatic carbocycles. The second-order valence-electron chi connectivity index (χ2n) is 7.27. The van der Waals surface area contributed by atoms with Gasteiger partial charge >= 0.3 is 18.9 Å². The van der Waals surface area contributed by atoms with Crippen LogP contribution in [0.2, 0.25) is 0 Å². The van der Waals surface area contributed by atoms with Crippen molar-refractivity contribution in [1.82, 2.24) is 0 Å². The van der Waals surface area contributed by atoms with Crippen LogP contribution in [0.4, 0.5) is 0 Å². The van der Waals surface area contributed by atoms with Crippen LogP contribution in [-0.2, 0) is 0 Å². The van der Waals surface area contributed by atoms with Crippen molar-refractivity contribution in [3.63, 3.8) is 0 Å². The number of hydrogen-bond donors (Lipinski definition) is 0. The van der Waals surface area contributed by atoms with Crippen molar-refractivity contribution in [3.8, 4) is 5.75 Å². The molecule has 0 bridgehead atoms. The van der Waals surface area contributed by atoms with Gasteiger partial charge in [0.2, 0.25) is 0 Å². The summed E-state index contributed by atoms with van der Waals surface area (Å²) < 4.78 is 5.78. The van der Waals surface area contributed by atoms with Crippen molar-refractivity contribution in [3.05, 3.63) is 57.6 Å². The second kappa shape index (κ2) is 9.75. The molecule has 0 aliphatic heterocycles. The molecule has 2 aromatic carbocycles. The van der Waals surface area contributed by atoms with E-state index in [2.05, 4.69) is 47.6 Å². The third-order valence-corrected chi connectivity index (χ3v) is 5.92. The number of rotatable bonds is 6. The van der Waals surface area contributed by atoms with Gasteiger partial charge in [-0.1, -0.05) is 26.0 Å². The molecule has 0 heterocycles. The fourth-order valence-corrected chi connectivity index (χ4v) is 4.14. The van der Waals surface area contributed by atoms with Crippen LogP contribution in [0, 0.1) is 40.5 Å². The average molecular weight is 364 g/mol. The Morgan fingerprint density at radius 2 is 1.62 bits per heavy atom. The fraction of sp³-hybridized carbons (Fsp3) is 0.409. The SMILES string of the molecule is Cc1cc(OCC(C)C)ccc1PC(=O)c1c(C)cc(C)c(C)c1C.[LiH]. The Morgan fingerprint density at radius 3 is 2.19 bits per heavy atom. The molecule has 0 amide bonds. The first kappa shape index (κ1) is 23.0. The summed E-state index contributed by atoms with van der Waals surface area (Å²) in [5.41, 5.74) is 6.88. The Balaban J connectivity index is 0.00000338. The topological polar surface area (TPSA) is 26.3 Å². The summed E-state index contributed by atoms with van der Waals surface area (Å²) in [6, 6.07) is 8.17. The number of aryl methyl sites for hydroxylation is 3. The van der Waals surface area contributed by atoms with E-state index in [4.69, 9.17) is 4.74 Å². The van der Waals surface area contributed by atoms with Gasteiger partial charge in [-0.2, -0.15) is 0 Å². The zero-order valence-electron chi connectivity index (χ0n) is 16.4. The van der Waals surface area contributed by atoms with Crippen LogP contribution in [0.5, 0.6) is 5.75 Å². The molecular weight excluding hydrogens is 334 g/mol. The van der Waals surface area contributed by atoms with Gasteiger partial charge in [0, 0.05) is 5.56 Å². The Bertz CT molecular complexity index is 797. The molecule has 0 fully saturated rings. The van der Waals surface area contributed by atoms with Gasteiger partial charge in [0.15, 0.2) is 5.52 Å². The molecule has 136 valence electrons. The van der Waals surface area contributed by atoms with Crippen LogP contribution < -0.4 is 10.0 Å². The van der Waals surface area contributed by atoms with Gasteiger partial charge < -0.3 is 4.74 Å². The Morgan fingerprint density at radius 1 is 0.962 bits per heavy atom. The third-order valence-electron chi connectivity index (χ3n) is 4.61.